The predicted octanol–water partition coefficient (Wildman–Crippen LogP) is 9.45. The largest absolute Gasteiger partial charge is 0.289 e. The molecule has 18 nitrogen and oxygen atoms in total. The summed E-state index contributed by atoms with van der Waals surface area (Å²) in [5.41, 5.74) is 4.70. The molecule has 0 amide bonds. The lowest BCUT2D eigenvalue weighted by molar-refractivity contribution is 0.103. The second kappa shape index (κ2) is 20.7. The molecule has 0 atom stereocenters. The maximum absolute atomic E-state index is 13.2. The molecule has 0 bridgehead atoms. The molecule has 4 heterocycles. The van der Waals surface area contributed by atoms with Crippen LogP contribution in [0, 0.1) is 0 Å². The summed E-state index contributed by atoms with van der Waals surface area (Å²) in [6, 6.07) is 41.4. The number of benzene rings is 6. The Labute approximate surface area is 422 Å². The first-order chi connectivity index (χ1) is 35.2. The van der Waals surface area contributed by atoms with Gasteiger partial charge in [0.05, 0.1) is 17.1 Å². The molecule has 0 aliphatic rings. The molecule has 6 aromatic carbocycles. The highest BCUT2D eigenvalue weighted by atomic mass is 35.5. The highest BCUT2D eigenvalue weighted by molar-refractivity contribution is 6.33. The molecule has 0 fully saturated rings. The van der Waals surface area contributed by atoms with Crippen LogP contribution in [0.5, 0.6) is 0 Å². The van der Waals surface area contributed by atoms with Gasteiger partial charge in [-0.25, -0.2) is 15.0 Å². The zero-order chi connectivity index (χ0) is 49.6. The molecule has 0 saturated carbocycles. The number of ketones is 3. The van der Waals surface area contributed by atoms with Crippen LogP contribution in [0.15, 0.2) is 164 Å². The van der Waals surface area contributed by atoms with Crippen LogP contribution in [-0.4, -0.2) is 92.9 Å². The molecule has 10 rings (SSSR count). The van der Waals surface area contributed by atoms with E-state index >= 15 is 0 Å². The maximum atomic E-state index is 13.2. The van der Waals surface area contributed by atoms with E-state index in [2.05, 4.69) is 46.6 Å². The number of carbonyl (C=O) groups is 3. The molecule has 0 saturated heterocycles. The number of tetrazole rings is 3. The van der Waals surface area contributed by atoms with E-state index in [1.807, 2.05) is 54.6 Å². The van der Waals surface area contributed by atoms with Crippen LogP contribution < -0.4 is 0 Å². The monoisotopic (exact) mass is 1010 g/mol. The zero-order valence-corrected chi connectivity index (χ0v) is 39.2. The number of halogens is 3. The Morgan fingerprint density at radius 3 is 0.889 bits per heavy atom. The van der Waals surface area contributed by atoms with E-state index in [0.29, 0.717) is 65.5 Å². The quantitative estimate of drug-likeness (QED) is 0.0689. The van der Waals surface area contributed by atoms with Gasteiger partial charge in [0, 0.05) is 31.8 Å². The third-order valence-electron chi connectivity index (χ3n) is 10.8. The first kappa shape index (κ1) is 46.4. The minimum atomic E-state index is -0.251. The molecule has 0 unspecified atom stereocenters. The Bertz CT molecular complexity index is 3350. The third kappa shape index (κ3) is 10.0. The average molecular weight is 1010 g/mol. The van der Waals surface area contributed by atoms with E-state index < -0.39 is 0 Å². The van der Waals surface area contributed by atoms with Gasteiger partial charge in [-0.05, 0) is 175 Å². The van der Waals surface area contributed by atoms with Crippen LogP contribution in [0.3, 0.4) is 0 Å². The van der Waals surface area contributed by atoms with Gasteiger partial charge in [0.1, 0.15) is 0 Å². The van der Waals surface area contributed by atoms with Gasteiger partial charge < -0.3 is 0 Å². The van der Waals surface area contributed by atoms with Crippen molar-refractivity contribution >= 4 is 70.4 Å². The zero-order valence-electron chi connectivity index (χ0n) is 36.9. The van der Waals surface area contributed by atoms with Crippen molar-refractivity contribution in [3.8, 4) is 52.0 Å². The number of carbonyl (C=O) groups excluding carboxylic acids is 3. The molecule has 348 valence electrons. The molecular weight excluding hydrogens is 977 g/mol. The number of allylic oxidation sites excluding steroid dienone is 3. The second-order valence-corrected chi connectivity index (χ2v) is 16.6. The van der Waals surface area contributed by atoms with Crippen molar-refractivity contribution < 1.29 is 14.4 Å². The van der Waals surface area contributed by atoms with Crippen LogP contribution >= 0.6 is 34.8 Å². The lowest BCUT2D eigenvalue weighted by atomic mass is 10.1. The standard InChI is InChI=1S/C51H30Cl3N15O3/c52-40-10-4-1-7-31(40)19-28-43(70)34-13-22-37(23-14-34)67-49(58-61-64-67)46-55-47(50-59-62-65-68(50)38-24-15-35(16-25-38)44(71)29-20-32-8-2-5-11-41(32)53)57-48(56-46)51-60-63-66-69(51)39-26-17-36(18-27-39)45(72)30-21-33-9-3-6-12-42(33)54/h1-30H/b28-19+,29-20+,30-21+. The lowest BCUT2D eigenvalue weighted by Crippen LogP contribution is -2.10. The summed E-state index contributed by atoms with van der Waals surface area (Å²) in [5, 5.41) is 38.9. The van der Waals surface area contributed by atoms with Gasteiger partial charge in [0.25, 0.3) is 0 Å². The number of nitrogens with zero attached hydrogens (tertiary/aromatic N) is 15. The van der Waals surface area contributed by atoms with Crippen molar-refractivity contribution in [1.82, 2.24) is 75.6 Å². The van der Waals surface area contributed by atoms with Crippen LogP contribution in [0.4, 0.5) is 0 Å². The Balaban J connectivity index is 0.993. The van der Waals surface area contributed by atoms with E-state index in [9.17, 15) is 14.4 Å². The van der Waals surface area contributed by atoms with Crippen LogP contribution in [0.1, 0.15) is 47.8 Å². The molecule has 4 aromatic heterocycles. The summed E-state index contributed by atoms with van der Waals surface area (Å²) < 4.78 is 4.15. The second-order valence-electron chi connectivity index (χ2n) is 15.3. The van der Waals surface area contributed by atoms with Crippen molar-refractivity contribution in [2.75, 3.05) is 0 Å². The molecule has 0 radical (unpaired) electrons. The summed E-state index contributed by atoms with van der Waals surface area (Å²) in [6.45, 7) is 0. The lowest BCUT2D eigenvalue weighted by Gasteiger charge is -2.09. The Morgan fingerprint density at radius 2 is 0.625 bits per heavy atom. The summed E-state index contributed by atoms with van der Waals surface area (Å²) in [4.78, 5) is 53.8. The van der Waals surface area contributed by atoms with E-state index in [1.165, 1.54) is 32.3 Å². The first-order valence-electron chi connectivity index (χ1n) is 21.5. The number of aromatic nitrogens is 15. The fourth-order valence-corrected chi connectivity index (χ4v) is 7.69. The van der Waals surface area contributed by atoms with Crippen LogP contribution in [-0.2, 0) is 0 Å². The van der Waals surface area contributed by atoms with E-state index in [-0.39, 0.29) is 52.3 Å². The summed E-state index contributed by atoms with van der Waals surface area (Å²) in [5.74, 6) is -0.669. The molecule has 0 aliphatic carbocycles. The molecule has 0 spiro atoms. The summed E-state index contributed by atoms with van der Waals surface area (Å²) in [6.07, 6.45) is 9.28. The van der Waals surface area contributed by atoms with Crippen molar-refractivity contribution in [1.29, 1.82) is 0 Å². The van der Waals surface area contributed by atoms with Gasteiger partial charge in [-0.2, -0.15) is 14.0 Å². The Kier molecular flexibility index (Phi) is 13.3. The topological polar surface area (TPSA) is 221 Å². The summed E-state index contributed by atoms with van der Waals surface area (Å²) >= 11 is 18.8. The smallest absolute Gasteiger partial charge is 0.224 e. The fourth-order valence-electron chi connectivity index (χ4n) is 7.09. The van der Waals surface area contributed by atoms with Crippen molar-refractivity contribution in [3.05, 3.63) is 212 Å². The minimum absolute atomic E-state index is 0.0376. The third-order valence-corrected chi connectivity index (χ3v) is 11.8. The highest BCUT2D eigenvalue weighted by Crippen LogP contribution is 2.27. The summed E-state index contributed by atoms with van der Waals surface area (Å²) in [7, 11) is 0. The van der Waals surface area contributed by atoms with Gasteiger partial charge in [-0.1, -0.05) is 89.4 Å². The molecular formula is C51H30Cl3N15O3. The first-order valence-corrected chi connectivity index (χ1v) is 22.6. The number of hydrogen-bond donors (Lipinski definition) is 0. The Hall–Kier alpha value is -9.36. The SMILES string of the molecule is O=C(/C=C/c1ccccc1Cl)c1ccc(-n2nnnc2-c2nc(-c3nnnn3-c3ccc(C(=O)/C=C/c4ccccc4Cl)cc3)nc(-c3nnnn3-c3ccc(C(=O)/C=C/c4ccccc4Cl)cc3)n2)cc1. The average Bonchev–Trinajstić information content (AvgIpc) is 4.23. The van der Waals surface area contributed by atoms with E-state index in [4.69, 9.17) is 49.8 Å². The normalized spacial score (nSPS) is 11.5. The molecule has 10 aromatic rings. The fraction of sp³-hybridized carbons (Fsp3) is 0. The van der Waals surface area contributed by atoms with Gasteiger partial charge in [0.15, 0.2) is 17.3 Å². The van der Waals surface area contributed by atoms with Crippen molar-refractivity contribution in [2.24, 2.45) is 0 Å². The van der Waals surface area contributed by atoms with E-state index in [1.54, 1.807) is 109 Å². The number of hydrogen-bond acceptors (Lipinski definition) is 15. The van der Waals surface area contributed by atoms with E-state index in [0.717, 1.165) is 0 Å². The van der Waals surface area contributed by atoms with Gasteiger partial charge in [-0.15, -0.1) is 15.3 Å². The van der Waals surface area contributed by atoms with Crippen molar-refractivity contribution in [2.45, 2.75) is 0 Å². The minimum Gasteiger partial charge on any atom is -0.289 e. The van der Waals surface area contributed by atoms with Crippen LogP contribution in [0.25, 0.3) is 70.2 Å². The predicted molar refractivity (Wildman–Crippen MR) is 269 cm³/mol. The molecule has 0 aliphatic heterocycles. The van der Waals surface area contributed by atoms with Gasteiger partial charge in [0.2, 0.25) is 34.9 Å². The maximum Gasteiger partial charge on any atom is 0.224 e. The Morgan fingerprint density at radius 1 is 0.361 bits per heavy atom. The van der Waals surface area contributed by atoms with Crippen LogP contribution in [0.2, 0.25) is 15.1 Å². The van der Waals surface area contributed by atoms with Gasteiger partial charge in [-0.3, -0.25) is 14.4 Å². The molecule has 72 heavy (non-hydrogen) atoms. The van der Waals surface area contributed by atoms with Crippen molar-refractivity contribution in [3.63, 3.8) is 0 Å². The molecule has 21 heteroatoms. The highest BCUT2D eigenvalue weighted by Gasteiger charge is 2.25. The molecule has 0 N–H and O–H groups in total. The van der Waals surface area contributed by atoms with Gasteiger partial charge >= 0.3 is 0 Å². The number of rotatable bonds is 15.